The molecule has 0 aliphatic rings. The largest absolute Gasteiger partial charge is 0.481 e. The van der Waals surface area contributed by atoms with Gasteiger partial charge in [-0.15, -0.1) is 0 Å². The maximum absolute atomic E-state index is 12.3. The van der Waals surface area contributed by atoms with E-state index in [4.69, 9.17) is 5.11 Å². The predicted octanol–water partition coefficient (Wildman–Crippen LogP) is 5.65. The molecule has 0 aromatic carbocycles. The minimum atomic E-state index is -1.32. The van der Waals surface area contributed by atoms with Crippen molar-refractivity contribution in [2.45, 2.75) is 118 Å². The van der Waals surface area contributed by atoms with E-state index in [0.29, 0.717) is 5.75 Å². The molecule has 0 aromatic rings. The van der Waals surface area contributed by atoms with Crippen LogP contribution in [0.5, 0.6) is 0 Å². The van der Waals surface area contributed by atoms with Crippen LogP contribution in [-0.2, 0) is 19.2 Å². The molecule has 0 heterocycles. The Kier molecular flexibility index (Phi) is 19.8. The molecule has 0 radical (unpaired) electrons. The zero-order valence-electron chi connectivity index (χ0n) is 24.4. The van der Waals surface area contributed by atoms with Gasteiger partial charge in [-0.3, -0.25) is 14.4 Å². The highest BCUT2D eigenvalue weighted by molar-refractivity contribution is 7.99. The van der Waals surface area contributed by atoms with Crippen LogP contribution in [0.4, 0.5) is 0 Å². The lowest BCUT2D eigenvalue weighted by Crippen LogP contribution is -2.52. The lowest BCUT2D eigenvalue weighted by Gasteiger charge is -2.19. The van der Waals surface area contributed by atoms with E-state index in [0.717, 1.165) is 30.6 Å². The first-order valence-electron chi connectivity index (χ1n) is 14.1. The van der Waals surface area contributed by atoms with Crippen molar-refractivity contribution in [1.29, 1.82) is 0 Å². The molecule has 0 fully saturated rings. The third-order valence-electron chi connectivity index (χ3n) is 6.66. The second-order valence-corrected chi connectivity index (χ2v) is 12.3. The van der Waals surface area contributed by atoms with E-state index in [9.17, 15) is 24.3 Å². The molecule has 2 amide bonds. The van der Waals surface area contributed by atoms with Crippen LogP contribution in [0.25, 0.3) is 0 Å². The fourth-order valence-corrected chi connectivity index (χ4v) is 5.27. The van der Waals surface area contributed by atoms with Crippen LogP contribution < -0.4 is 10.6 Å². The Balaban J connectivity index is 4.29. The predicted molar refractivity (Wildman–Crippen MR) is 155 cm³/mol. The summed E-state index contributed by atoms with van der Waals surface area (Å²) >= 11 is 1.38. The Morgan fingerprint density at radius 1 is 0.789 bits per heavy atom. The lowest BCUT2D eigenvalue weighted by atomic mass is 9.91. The van der Waals surface area contributed by atoms with Crippen molar-refractivity contribution in [3.05, 3.63) is 11.6 Å². The Morgan fingerprint density at radius 2 is 1.34 bits per heavy atom. The summed E-state index contributed by atoms with van der Waals surface area (Å²) in [5.74, 6) is -0.753. The van der Waals surface area contributed by atoms with Crippen LogP contribution in [0.3, 0.4) is 0 Å². The molecule has 0 rings (SSSR count). The first-order chi connectivity index (χ1) is 17.8. The van der Waals surface area contributed by atoms with E-state index in [1.807, 2.05) is 0 Å². The summed E-state index contributed by atoms with van der Waals surface area (Å²) in [6, 6.07) is -2.50. The van der Waals surface area contributed by atoms with Crippen molar-refractivity contribution >= 4 is 35.5 Å². The van der Waals surface area contributed by atoms with Gasteiger partial charge < -0.3 is 20.8 Å². The minimum Gasteiger partial charge on any atom is -0.481 e. The van der Waals surface area contributed by atoms with Crippen molar-refractivity contribution < 1.29 is 29.4 Å². The molecule has 0 saturated heterocycles. The van der Waals surface area contributed by atoms with Crippen molar-refractivity contribution in [2.24, 2.45) is 17.8 Å². The Morgan fingerprint density at radius 3 is 1.84 bits per heavy atom. The lowest BCUT2D eigenvalue weighted by molar-refractivity contribution is -0.142. The van der Waals surface area contributed by atoms with Gasteiger partial charge in [0.1, 0.15) is 12.1 Å². The summed E-state index contributed by atoms with van der Waals surface area (Å²) in [4.78, 5) is 46.1. The van der Waals surface area contributed by atoms with E-state index >= 15 is 0 Å². The minimum absolute atomic E-state index is 0.137. The molecule has 0 saturated carbocycles. The number of carbonyl (C=O) groups excluding carboxylic acids is 2. The van der Waals surface area contributed by atoms with E-state index < -0.39 is 42.3 Å². The smallest absolute Gasteiger partial charge is 0.327 e. The second kappa shape index (κ2) is 20.9. The molecule has 0 bridgehead atoms. The third kappa shape index (κ3) is 20.0. The van der Waals surface area contributed by atoms with Crippen LogP contribution in [0.15, 0.2) is 11.6 Å². The van der Waals surface area contributed by atoms with Crippen LogP contribution in [0.2, 0.25) is 0 Å². The molecule has 8 nitrogen and oxygen atoms in total. The van der Waals surface area contributed by atoms with Crippen molar-refractivity contribution in [2.75, 3.05) is 11.5 Å². The molecule has 220 valence electrons. The molecule has 4 atom stereocenters. The van der Waals surface area contributed by atoms with E-state index in [-0.39, 0.29) is 5.75 Å². The molecule has 4 N–H and O–H groups in total. The molecular formula is C29H52N2O6S. The summed E-state index contributed by atoms with van der Waals surface area (Å²) in [7, 11) is 0. The highest BCUT2D eigenvalue weighted by Gasteiger charge is 2.27. The Labute approximate surface area is 234 Å². The highest BCUT2D eigenvalue weighted by atomic mass is 32.2. The molecular weight excluding hydrogens is 504 g/mol. The molecule has 38 heavy (non-hydrogen) atoms. The number of allylic oxidation sites excluding steroid dienone is 1. The molecule has 0 aromatic heterocycles. The van der Waals surface area contributed by atoms with E-state index in [1.165, 1.54) is 69.2 Å². The van der Waals surface area contributed by atoms with E-state index in [2.05, 4.69) is 51.3 Å². The zero-order valence-corrected chi connectivity index (χ0v) is 25.2. The fourth-order valence-electron chi connectivity index (χ4n) is 4.27. The number of thioether (sulfide) groups is 1. The standard InChI is InChI=1S/C29H52N2O6S/c1-20(2)10-7-11-21(3)12-8-13-22(4)14-9-15-23(5)16-17-38-19-26(29(36)37)31-28(35)25(18-27(33)34)30-24(6)32/h16,20-22,25-26H,7-15,17-19H2,1-6H3,(H,30,32)(H,31,35)(H,33,34)(H,36,37)/b23-16+/t21?,22?,25-,26?/m0/s1. The van der Waals surface area contributed by atoms with Crippen molar-refractivity contribution in [3.63, 3.8) is 0 Å². The average Bonchev–Trinajstić information content (AvgIpc) is 2.79. The normalized spacial score (nSPS) is 15.0. The Hall–Kier alpha value is -2.03. The van der Waals surface area contributed by atoms with Crippen LogP contribution in [-0.4, -0.2) is 57.6 Å². The van der Waals surface area contributed by atoms with Gasteiger partial charge in [0.05, 0.1) is 6.42 Å². The number of nitrogens with one attached hydrogen (secondary N) is 2. The monoisotopic (exact) mass is 556 g/mol. The van der Waals surface area contributed by atoms with Crippen LogP contribution in [0.1, 0.15) is 106 Å². The van der Waals surface area contributed by atoms with Gasteiger partial charge in [0.2, 0.25) is 11.8 Å². The number of carbonyl (C=O) groups is 4. The summed E-state index contributed by atoms with van der Waals surface area (Å²) in [6.07, 6.45) is 12.8. The van der Waals surface area contributed by atoms with Crippen LogP contribution >= 0.6 is 11.8 Å². The van der Waals surface area contributed by atoms with Crippen molar-refractivity contribution in [1.82, 2.24) is 10.6 Å². The molecule has 3 unspecified atom stereocenters. The van der Waals surface area contributed by atoms with Gasteiger partial charge in [0, 0.05) is 18.4 Å². The van der Waals surface area contributed by atoms with E-state index in [1.54, 1.807) is 0 Å². The highest BCUT2D eigenvalue weighted by Crippen LogP contribution is 2.22. The number of rotatable bonds is 22. The van der Waals surface area contributed by atoms with Gasteiger partial charge in [-0.25, -0.2) is 4.79 Å². The number of hydrogen-bond donors (Lipinski definition) is 4. The molecule has 9 heteroatoms. The van der Waals surface area contributed by atoms with Gasteiger partial charge in [0.25, 0.3) is 0 Å². The third-order valence-corrected chi connectivity index (χ3v) is 7.63. The molecule has 0 aliphatic carbocycles. The first-order valence-corrected chi connectivity index (χ1v) is 15.2. The number of amides is 2. The molecule has 0 aliphatic heterocycles. The Bertz CT molecular complexity index is 739. The van der Waals surface area contributed by atoms with Crippen LogP contribution in [0, 0.1) is 17.8 Å². The van der Waals surface area contributed by atoms with Gasteiger partial charge in [-0.2, -0.15) is 11.8 Å². The summed E-state index contributed by atoms with van der Waals surface area (Å²) in [5.41, 5.74) is 1.27. The first kappa shape index (κ1) is 36.0. The molecule has 0 spiro atoms. The maximum Gasteiger partial charge on any atom is 0.327 e. The SMILES string of the molecule is CC(=O)N[C@@H](CC(=O)O)C(=O)NC(CSC/C=C(\C)CCCC(C)CCCC(C)CCCC(C)C)C(=O)O. The number of carboxylic acid groups (broad SMARTS) is 2. The fraction of sp³-hybridized carbons (Fsp3) is 0.793. The quantitative estimate of drug-likeness (QED) is 0.1000. The van der Waals surface area contributed by atoms with Gasteiger partial charge in [-0.05, 0) is 37.5 Å². The average molecular weight is 557 g/mol. The number of hydrogen-bond acceptors (Lipinski definition) is 5. The summed E-state index contributed by atoms with van der Waals surface area (Å²) in [5, 5.41) is 23.0. The van der Waals surface area contributed by atoms with Crippen molar-refractivity contribution in [3.8, 4) is 0 Å². The number of aliphatic carboxylic acids is 2. The zero-order chi connectivity index (χ0) is 29.1. The second-order valence-electron chi connectivity index (χ2n) is 11.2. The topological polar surface area (TPSA) is 133 Å². The number of carboxylic acids is 2. The maximum atomic E-state index is 12.3. The summed E-state index contributed by atoms with van der Waals surface area (Å²) in [6.45, 7) is 12.6. The van der Waals surface area contributed by atoms with Gasteiger partial charge >= 0.3 is 11.9 Å². The van der Waals surface area contributed by atoms with Gasteiger partial charge in [-0.1, -0.05) is 84.3 Å². The van der Waals surface area contributed by atoms with Gasteiger partial charge in [0.15, 0.2) is 0 Å². The summed E-state index contributed by atoms with van der Waals surface area (Å²) < 4.78 is 0.